The molecule has 0 saturated carbocycles. The summed E-state index contributed by atoms with van der Waals surface area (Å²) in [6.07, 6.45) is 6.12. The molecule has 0 N–H and O–H groups in total. The highest BCUT2D eigenvalue weighted by Gasteiger charge is 1.68. The Labute approximate surface area is 58.4 Å². The van der Waals surface area contributed by atoms with E-state index in [9.17, 15) is 0 Å². The minimum Gasteiger partial charge on any atom is -0.0876 e. The fourth-order valence-electron chi connectivity index (χ4n) is 0.229. The van der Waals surface area contributed by atoms with Crippen molar-refractivity contribution in [1.82, 2.24) is 0 Å². The Morgan fingerprint density at radius 2 is 2.14 bits per heavy atom. The second-order valence-corrected chi connectivity index (χ2v) is 2.98. The zero-order valence-electron chi connectivity index (χ0n) is 4.61. The fourth-order valence-corrected chi connectivity index (χ4v) is 0.436. The lowest BCUT2D eigenvalue weighted by Crippen LogP contribution is -1.50. The molecule has 0 heterocycles. The zero-order valence-corrected chi connectivity index (χ0v) is 6.77. The van der Waals surface area contributed by atoms with Gasteiger partial charge in [-0.25, -0.2) is 0 Å². The van der Waals surface area contributed by atoms with Gasteiger partial charge in [0.25, 0.3) is 0 Å². The normalized spacial score (nSPS) is 13.3. The molecule has 0 aliphatic rings. The van der Waals surface area contributed by atoms with Gasteiger partial charge in [0.1, 0.15) is 0 Å². The summed E-state index contributed by atoms with van der Waals surface area (Å²) in [5.74, 6) is 0. The molecule has 0 aromatic carbocycles. The van der Waals surface area contributed by atoms with Crippen LogP contribution in [0.1, 0.15) is 13.8 Å². The molecule has 0 aliphatic heterocycles. The van der Waals surface area contributed by atoms with Crippen LogP contribution in [0.5, 0.6) is 0 Å². The zero-order chi connectivity index (χ0) is 5.70. The van der Waals surface area contributed by atoms with Gasteiger partial charge in [0.15, 0.2) is 0 Å². The molecule has 0 rings (SSSR count). The Morgan fingerprint density at radius 3 is 2.29 bits per heavy atom. The summed E-state index contributed by atoms with van der Waals surface area (Å²) < 4.78 is 1.32. The van der Waals surface area contributed by atoms with Crippen molar-refractivity contribution in [2.75, 3.05) is 0 Å². The molecule has 0 nitrogen and oxygen atoms in total. The molecule has 0 aliphatic carbocycles. The largest absolute Gasteiger partial charge is 0.0876 e. The predicted octanol–water partition coefficient (Wildman–Crippen LogP) is 2.90. The van der Waals surface area contributed by atoms with Crippen molar-refractivity contribution in [3.63, 3.8) is 0 Å². The molecule has 0 aromatic rings. The summed E-state index contributed by atoms with van der Waals surface area (Å²) in [5.41, 5.74) is 0. The molecule has 0 saturated heterocycles. The third kappa shape index (κ3) is 6.21. The third-order valence-electron chi connectivity index (χ3n) is 0.518. The van der Waals surface area contributed by atoms with Gasteiger partial charge in [-0.1, -0.05) is 18.2 Å². The summed E-state index contributed by atoms with van der Waals surface area (Å²) in [6.45, 7) is 4.08. The van der Waals surface area contributed by atoms with Gasteiger partial charge in [0.2, 0.25) is 0 Å². The molecule has 0 fully saturated rings. The van der Waals surface area contributed by atoms with Gasteiger partial charge in [-0.05, 0) is 40.0 Å². The van der Waals surface area contributed by atoms with Crippen LogP contribution in [-0.4, -0.2) is 0 Å². The van der Waals surface area contributed by atoms with Crippen molar-refractivity contribution in [3.8, 4) is 0 Å². The maximum atomic E-state index is 2.28. The van der Waals surface area contributed by atoms with Crippen molar-refractivity contribution in [3.05, 3.63) is 21.8 Å². The minimum atomic E-state index is 1.32. The Kier molecular flexibility index (Phi) is 4.50. The summed E-state index contributed by atoms with van der Waals surface area (Å²) in [5, 5.41) is 0. The van der Waals surface area contributed by atoms with Gasteiger partial charge in [-0.15, -0.1) is 0 Å². The molecule has 0 atom stereocenters. The first-order valence-corrected chi connectivity index (χ1v) is 3.30. The molecule has 0 aromatic heterocycles. The standard InChI is InChI=1S/C6H9I/c1-3-4-5-6(2)7/h3-5H,1-2H3/b4-3+,6-5-. The highest BCUT2D eigenvalue weighted by atomic mass is 127. The van der Waals surface area contributed by atoms with Crippen LogP contribution in [-0.2, 0) is 0 Å². The highest BCUT2D eigenvalue weighted by Crippen LogP contribution is 2.01. The van der Waals surface area contributed by atoms with Gasteiger partial charge < -0.3 is 0 Å². The van der Waals surface area contributed by atoms with Crippen LogP contribution in [0.4, 0.5) is 0 Å². The average Bonchev–Trinajstić information content (AvgIpc) is 1.61. The van der Waals surface area contributed by atoms with E-state index in [0.717, 1.165) is 0 Å². The molecule has 7 heavy (non-hydrogen) atoms. The predicted molar refractivity (Wildman–Crippen MR) is 42.6 cm³/mol. The van der Waals surface area contributed by atoms with Gasteiger partial charge in [0, 0.05) is 0 Å². The number of hydrogen-bond donors (Lipinski definition) is 0. The van der Waals surface area contributed by atoms with E-state index < -0.39 is 0 Å². The lowest BCUT2D eigenvalue weighted by Gasteiger charge is -1.75. The third-order valence-corrected chi connectivity index (χ3v) is 0.878. The molecular formula is C6H9I. The summed E-state index contributed by atoms with van der Waals surface area (Å²) in [4.78, 5) is 0. The maximum absolute atomic E-state index is 2.28. The van der Waals surface area contributed by atoms with Gasteiger partial charge in [0.05, 0.1) is 0 Å². The number of allylic oxidation sites excluding steroid dienone is 4. The van der Waals surface area contributed by atoms with Crippen molar-refractivity contribution in [2.45, 2.75) is 13.8 Å². The van der Waals surface area contributed by atoms with E-state index in [1.165, 1.54) is 3.58 Å². The topological polar surface area (TPSA) is 0 Å². The van der Waals surface area contributed by atoms with Crippen molar-refractivity contribution in [2.24, 2.45) is 0 Å². The number of rotatable bonds is 1. The second-order valence-electron chi connectivity index (χ2n) is 1.28. The average molecular weight is 208 g/mol. The molecular weight excluding hydrogens is 199 g/mol. The van der Waals surface area contributed by atoms with E-state index in [-0.39, 0.29) is 0 Å². The smallest absolute Gasteiger partial charge is 0.0125 e. The van der Waals surface area contributed by atoms with E-state index in [1.54, 1.807) is 0 Å². The number of hydrogen-bond acceptors (Lipinski definition) is 0. The molecule has 0 radical (unpaired) electrons. The van der Waals surface area contributed by atoms with Crippen molar-refractivity contribution < 1.29 is 0 Å². The SMILES string of the molecule is C/C=C/C=C(/C)I. The second kappa shape index (κ2) is 4.37. The Hall–Kier alpha value is 0.210. The van der Waals surface area contributed by atoms with Gasteiger partial charge in [-0.3, -0.25) is 0 Å². The van der Waals surface area contributed by atoms with Crippen LogP contribution < -0.4 is 0 Å². The van der Waals surface area contributed by atoms with Crippen LogP contribution >= 0.6 is 22.6 Å². The van der Waals surface area contributed by atoms with E-state index in [4.69, 9.17) is 0 Å². The van der Waals surface area contributed by atoms with Gasteiger partial charge >= 0.3 is 0 Å². The van der Waals surface area contributed by atoms with E-state index in [0.29, 0.717) is 0 Å². The first-order chi connectivity index (χ1) is 3.27. The van der Waals surface area contributed by atoms with Crippen molar-refractivity contribution in [1.29, 1.82) is 0 Å². The first-order valence-electron chi connectivity index (χ1n) is 2.22. The molecule has 0 unspecified atom stereocenters. The molecule has 1 heteroatoms. The highest BCUT2D eigenvalue weighted by molar-refractivity contribution is 14.1. The minimum absolute atomic E-state index is 1.32. The van der Waals surface area contributed by atoms with E-state index in [2.05, 4.69) is 35.6 Å². The first kappa shape index (κ1) is 7.21. The monoisotopic (exact) mass is 208 g/mol. The van der Waals surface area contributed by atoms with Crippen LogP contribution in [0.3, 0.4) is 0 Å². The van der Waals surface area contributed by atoms with Crippen LogP contribution in [0, 0.1) is 0 Å². The fraction of sp³-hybridized carbons (Fsp3) is 0.333. The van der Waals surface area contributed by atoms with Gasteiger partial charge in [-0.2, -0.15) is 0 Å². The Morgan fingerprint density at radius 1 is 1.57 bits per heavy atom. The summed E-state index contributed by atoms with van der Waals surface area (Å²) in [7, 11) is 0. The molecule has 0 spiro atoms. The van der Waals surface area contributed by atoms with Crippen LogP contribution in [0.25, 0.3) is 0 Å². The van der Waals surface area contributed by atoms with E-state index >= 15 is 0 Å². The quantitative estimate of drug-likeness (QED) is 0.459. The molecule has 40 valence electrons. The molecule has 0 amide bonds. The van der Waals surface area contributed by atoms with Crippen molar-refractivity contribution >= 4 is 22.6 Å². The Balaban J connectivity index is 3.46. The van der Waals surface area contributed by atoms with Crippen LogP contribution in [0.15, 0.2) is 21.8 Å². The number of halogens is 1. The van der Waals surface area contributed by atoms with E-state index in [1.807, 2.05) is 19.1 Å². The van der Waals surface area contributed by atoms with Crippen LogP contribution in [0.2, 0.25) is 0 Å². The summed E-state index contributed by atoms with van der Waals surface area (Å²) >= 11 is 2.28. The summed E-state index contributed by atoms with van der Waals surface area (Å²) in [6, 6.07) is 0. The lowest BCUT2D eigenvalue weighted by molar-refractivity contribution is 1.67. The maximum Gasteiger partial charge on any atom is -0.0125 e. The lowest BCUT2D eigenvalue weighted by atomic mass is 10.5. The Bertz CT molecular complexity index is 86.4. The molecule has 0 bridgehead atoms.